The van der Waals surface area contributed by atoms with Gasteiger partial charge < -0.3 is 4.74 Å². The monoisotopic (exact) mass is 518 g/mol. The third-order valence-corrected chi connectivity index (χ3v) is 7.04. The molecule has 3 aromatic rings. The molecule has 34 heavy (non-hydrogen) atoms. The van der Waals surface area contributed by atoms with Crippen molar-refractivity contribution in [2.45, 2.75) is 45.1 Å². The van der Waals surface area contributed by atoms with E-state index in [0.717, 1.165) is 37.2 Å². The van der Waals surface area contributed by atoms with Crippen molar-refractivity contribution in [1.82, 2.24) is 20.2 Å². The average molecular weight is 520 g/mol. The van der Waals surface area contributed by atoms with E-state index >= 15 is 0 Å². The molecule has 2 aliphatic rings. The summed E-state index contributed by atoms with van der Waals surface area (Å²) in [5.74, 6) is 0.354. The molecule has 1 fully saturated rings. The highest BCUT2D eigenvalue weighted by molar-refractivity contribution is 6.35. The van der Waals surface area contributed by atoms with Crippen molar-refractivity contribution in [3.05, 3.63) is 62.7 Å². The maximum absolute atomic E-state index is 13.6. The summed E-state index contributed by atoms with van der Waals surface area (Å²) in [6.45, 7) is 5.49. The number of nitrogens with zero attached hydrogens (tertiary/aromatic N) is 3. The van der Waals surface area contributed by atoms with Gasteiger partial charge in [0.15, 0.2) is 5.69 Å². The van der Waals surface area contributed by atoms with Gasteiger partial charge in [-0.3, -0.25) is 10.2 Å². The standard InChI is InChI=1S/C25H25Cl3N4O2/c1-25(2)21-22(24(33)30-31-11-5-3-4-6-12-31)29-32(19-10-8-15(26)13-18(19)28)23(21)17-9-7-16(27)14-20(17)34-25/h7-10,13-14H,3-6,11-12H2,1-2H3,(H,30,33). The van der Waals surface area contributed by atoms with Crippen LogP contribution in [0.1, 0.15) is 55.6 Å². The Kier molecular flexibility index (Phi) is 6.27. The first-order chi connectivity index (χ1) is 16.2. The van der Waals surface area contributed by atoms with Crippen LogP contribution < -0.4 is 10.2 Å². The van der Waals surface area contributed by atoms with Crippen LogP contribution in [0.15, 0.2) is 36.4 Å². The number of hydrogen-bond donors (Lipinski definition) is 1. The minimum absolute atomic E-state index is 0.268. The van der Waals surface area contributed by atoms with E-state index in [4.69, 9.17) is 44.6 Å². The zero-order valence-electron chi connectivity index (χ0n) is 19.0. The summed E-state index contributed by atoms with van der Waals surface area (Å²) in [4.78, 5) is 13.6. The van der Waals surface area contributed by atoms with E-state index in [-0.39, 0.29) is 5.91 Å². The number of carbonyl (C=O) groups is 1. The van der Waals surface area contributed by atoms with Crippen molar-refractivity contribution >= 4 is 40.7 Å². The van der Waals surface area contributed by atoms with Gasteiger partial charge in [0, 0.05) is 28.7 Å². The van der Waals surface area contributed by atoms with Crippen LogP contribution in [0.5, 0.6) is 5.75 Å². The lowest BCUT2D eigenvalue weighted by molar-refractivity contribution is 0.0760. The van der Waals surface area contributed by atoms with Crippen LogP contribution in [-0.2, 0) is 5.60 Å². The van der Waals surface area contributed by atoms with Crippen molar-refractivity contribution in [3.8, 4) is 22.7 Å². The maximum atomic E-state index is 13.6. The minimum Gasteiger partial charge on any atom is -0.482 e. The molecule has 0 saturated carbocycles. The molecule has 3 heterocycles. The summed E-state index contributed by atoms with van der Waals surface area (Å²) >= 11 is 19.0. The Labute approximate surface area is 213 Å². The summed E-state index contributed by atoms with van der Waals surface area (Å²) in [7, 11) is 0. The molecule has 1 N–H and O–H groups in total. The highest BCUT2D eigenvalue weighted by Crippen LogP contribution is 2.48. The van der Waals surface area contributed by atoms with E-state index in [1.54, 1.807) is 35.0 Å². The Bertz CT molecular complexity index is 1260. The van der Waals surface area contributed by atoms with E-state index in [2.05, 4.69) is 5.43 Å². The van der Waals surface area contributed by atoms with Gasteiger partial charge in [-0.05, 0) is 63.1 Å². The van der Waals surface area contributed by atoms with Crippen LogP contribution in [0.25, 0.3) is 16.9 Å². The molecule has 6 nitrogen and oxygen atoms in total. The second-order valence-electron chi connectivity index (χ2n) is 9.17. The molecule has 0 unspecified atom stereocenters. The molecule has 0 atom stereocenters. The summed E-state index contributed by atoms with van der Waals surface area (Å²) in [5, 5.41) is 8.29. The highest BCUT2D eigenvalue weighted by atomic mass is 35.5. The molecule has 178 valence electrons. The third-order valence-electron chi connectivity index (χ3n) is 6.27. The summed E-state index contributed by atoms with van der Waals surface area (Å²) < 4.78 is 8.05. The number of ether oxygens (including phenoxy) is 1. The Morgan fingerprint density at radius 3 is 2.38 bits per heavy atom. The minimum atomic E-state index is -0.838. The van der Waals surface area contributed by atoms with E-state index in [0.29, 0.717) is 37.8 Å². The van der Waals surface area contributed by atoms with E-state index in [1.807, 2.05) is 24.9 Å². The first-order valence-electron chi connectivity index (χ1n) is 11.4. The van der Waals surface area contributed by atoms with Crippen LogP contribution in [0.4, 0.5) is 0 Å². The molecular weight excluding hydrogens is 495 g/mol. The number of halogens is 3. The first kappa shape index (κ1) is 23.5. The maximum Gasteiger partial charge on any atom is 0.286 e. The smallest absolute Gasteiger partial charge is 0.286 e. The van der Waals surface area contributed by atoms with Crippen molar-refractivity contribution in [2.75, 3.05) is 13.1 Å². The summed E-state index contributed by atoms with van der Waals surface area (Å²) in [6.07, 6.45) is 4.45. The van der Waals surface area contributed by atoms with Gasteiger partial charge in [-0.15, -0.1) is 0 Å². The number of nitrogens with one attached hydrogen (secondary N) is 1. The largest absolute Gasteiger partial charge is 0.482 e. The Morgan fingerprint density at radius 1 is 1.00 bits per heavy atom. The molecule has 9 heteroatoms. The molecule has 2 aliphatic heterocycles. The molecule has 1 amide bonds. The van der Waals surface area contributed by atoms with Gasteiger partial charge in [-0.25, -0.2) is 9.69 Å². The van der Waals surface area contributed by atoms with Crippen LogP contribution >= 0.6 is 34.8 Å². The molecule has 0 aliphatic carbocycles. The normalized spacial score (nSPS) is 17.3. The lowest BCUT2D eigenvalue weighted by Crippen LogP contribution is -2.44. The molecule has 0 bridgehead atoms. The van der Waals surface area contributed by atoms with Gasteiger partial charge >= 0.3 is 0 Å². The van der Waals surface area contributed by atoms with Crippen molar-refractivity contribution in [3.63, 3.8) is 0 Å². The second-order valence-corrected chi connectivity index (χ2v) is 10.5. The van der Waals surface area contributed by atoms with Gasteiger partial charge in [-0.2, -0.15) is 5.10 Å². The average Bonchev–Trinajstić information content (AvgIpc) is 2.99. The predicted octanol–water partition coefficient (Wildman–Crippen LogP) is 6.65. The van der Waals surface area contributed by atoms with Crippen molar-refractivity contribution in [1.29, 1.82) is 0 Å². The Morgan fingerprint density at radius 2 is 1.68 bits per heavy atom. The first-order valence-corrected chi connectivity index (χ1v) is 12.5. The zero-order chi connectivity index (χ0) is 24.0. The van der Waals surface area contributed by atoms with Crippen molar-refractivity contribution < 1.29 is 9.53 Å². The lowest BCUT2D eigenvalue weighted by atomic mass is 9.89. The molecule has 1 saturated heterocycles. The molecule has 0 spiro atoms. The van der Waals surface area contributed by atoms with Crippen LogP contribution in [0, 0.1) is 0 Å². The summed E-state index contributed by atoms with van der Waals surface area (Å²) in [6, 6.07) is 10.7. The quantitative estimate of drug-likeness (QED) is 0.421. The fourth-order valence-corrected chi connectivity index (χ4v) is 5.36. The molecule has 1 aromatic heterocycles. The number of amides is 1. The number of carbonyl (C=O) groups excluding carboxylic acids is 1. The van der Waals surface area contributed by atoms with Crippen LogP contribution in [-0.4, -0.2) is 33.8 Å². The number of hydrazine groups is 1. The van der Waals surface area contributed by atoms with Crippen molar-refractivity contribution in [2.24, 2.45) is 0 Å². The Hall–Kier alpha value is -2.25. The lowest BCUT2D eigenvalue weighted by Gasteiger charge is -2.33. The molecule has 0 radical (unpaired) electrons. The van der Waals surface area contributed by atoms with Crippen LogP contribution in [0.3, 0.4) is 0 Å². The topological polar surface area (TPSA) is 59.4 Å². The predicted molar refractivity (Wildman–Crippen MR) is 135 cm³/mol. The number of aromatic nitrogens is 2. The van der Waals surface area contributed by atoms with E-state index < -0.39 is 5.60 Å². The van der Waals surface area contributed by atoms with Gasteiger partial charge in [0.05, 0.1) is 22.0 Å². The third kappa shape index (κ3) is 4.29. The van der Waals surface area contributed by atoms with Gasteiger partial charge in [0.25, 0.3) is 5.91 Å². The second kappa shape index (κ2) is 9.08. The molecular formula is C25H25Cl3N4O2. The van der Waals surface area contributed by atoms with E-state index in [1.165, 1.54) is 12.8 Å². The number of hydrogen-bond acceptors (Lipinski definition) is 4. The molecule has 5 rings (SSSR count). The SMILES string of the molecule is CC1(C)Oc2cc(Cl)ccc2-c2c1c(C(=O)NN1CCCCCC1)nn2-c1ccc(Cl)cc1Cl. The van der Waals surface area contributed by atoms with Gasteiger partial charge in [-0.1, -0.05) is 47.6 Å². The highest BCUT2D eigenvalue weighted by Gasteiger charge is 2.41. The summed E-state index contributed by atoms with van der Waals surface area (Å²) in [5.41, 5.74) is 5.38. The fraction of sp³-hybridized carbons (Fsp3) is 0.360. The number of benzene rings is 2. The van der Waals surface area contributed by atoms with E-state index in [9.17, 15) is 4.79 Å². The zero-order valence-corrected chi connectivity index (χ0v) is 21.3. The number of fused-ring (bicyclic) bond motifs is 3. The number of rotatable bonds is 3. The fourth-order valence-electron chi connectivity index (χ4n) is 4.70. The Balaban J connectivity index is 1.69. The van der Waals surface area contributed by atoms with Gasteiger partial charge in [0.2, 0.25) is 0 Å². The molecule has 2 aromatic carbocycles. The van der Waals surface area contributed by atoms with Crippen LogP contribution in [0.2, 0.25) is 15.1 Å². The van der Waals surface area contributed by atoms with Gasteiger partial charge in [0.1, 0.15) is 11.4 Å².